The molecule has 1 fully saturated rings. The summed E-state index contributed by atoms with van der Waals surface area (Å²) in [6, 6.07) is 19.5. The van der Waals surface area contributed by atoms with Gasteiger partial charge in [0, 0.05) is 6.61 Å². The summed E-state index contributed by atoms with van der Waals surface area (Å²) < 4.78 is 11.8. The molecular formula is C19H22O3. The summed E-state index contributed by atoms with van der Waals surface area (Å²) in [7, 11) is 0. The molecule has 1 saturated heterocycles. The maximum absolute atomic E-state index is 10.8. The van der Waals surface area contributed by atoms with Crippen molar-refractivity contribution in [1.29, 1.82) is 0 Å². The van der Waals surface area contributed by atoms with Crippen molar-refractivity contribution in [3.05, 3.63) is 71.8 Å². The van der Waals surface area contributed by atoms with Gasteiger partial charge in [0.15, 0.2) is 6.29 Å². The largest absolute Gasteiger partial charge is 0.385 e. The molecule has 1 heterocycles. The number of rotatable bonds is 5. The van der Waals surface area contributed by atoms with Crippen molar-refractivity contribution in [2.45, 2.75) is 37.8 Å². The second-order valence-corrected chi connectivity index (χ2v) is 5.62. The molecule has 3 heteroatoms. The lowest BCUT2D eigenvalue weighted by Gasteiger charge is -2.30. The lowest BCUT2D eigenvalue weighted by molar-refractivity contribution is -0.210. The fraction of sp³-hybridized carbons (Fsp3) is 0.368. The summed E-state index contributed by atoms with van der Waals surface area (Å²) in [5.41, 5.74) is 1.82. The fourth-order valence-electron chi connectivity index (χ4n) is 2.79. The average molecular weight is 298 g/mol. The van der Waals surface area contributed by atoms with Gasteiger partial charge in [0.2, 0.25) is 0 Å². The zero-order chi connectivity index (χ0) is 15.2. The van der Waals surface area contributed by atoms with Crippen molar-refractivity contribution >= 4 is 0 Å². The van der Waals surface area contributed by atoms with E-state index >= 15 is 0 Å². The number of aliphatic hydroxyl groups is 1. The van der Waals surface area contributed by atoms with Gasteiger partial charge in [-0.3, -0.25) is 0 Å². The van der Waals surface area contributed by atoms with Crippen LogP contribution in [0.4, 0.5) is 0 Å². The van der Waals surface area contributed by atoms with E-state index in [1.165, 1.54) is 0 Å². The Kier molecular flexibility index (Phi) is 5.22. The van der Waals surface area contributed by atoms with Crippen LogP contribution >= 0.6 is 0 Å². The molecule has 22 heavy (non-hydrogen) atoms. The van der Waals surface area contributed by atoms with Crippen LogP contribution in [0.5, 0.6) is 0 Å². The molecule has 0 spiro atoms. The van der Waals surface area contributed by atoms with E-state index in [1.807, 2.05) is 60.7 Å². The molecule has 0 bridgehead atoms. The van der Waals surface area contributed by atoms with Crippen molar-refractivity contribution < 1.29 is 14.6 Å². The number of ether oxygens (including phenoxy) is 2. The zero-order valence-electron chi connectivity index (χ0n) is 12.6. The summed E-state index contributed by atoms with van der Waals surface area (Å²) in [6.07, 6.45) is 1.69. The highest BCUT2D eigenvalue weighted by molar-refractivity contribution is 5.25. The van der Waals surface area contributed by atoms with E-state index in [0.29, 0.717) is 0 Å². The molecule has 0 aliphatic carbocycles. The van der Waals surface area contributed by atoms with E-state index in [1.54, 1.807) is 0 Å². The predicted molar refractivity (Wildman–Crippen MR) is 85.3 cm³/mol. The molecule has 1 unspecified atom stereocenters. The van der Waals surface area contributed by atoms with Crippen LogP contribution in [0.2, 0.25) is 0 Å². The maximum Gasteiger partial charge on any atom is 0.158 e. The van der Waals surface area contributed by atoms with Gasteiger partial charge >= 0.3 is 0 Å². The lowest BCUT2D eigenvalue weighted by Crippen LogP contribution is -2.27. The smallest absolute Gasteiger partial charge is 0.158 e. The van der Waals surface area contributed by atoms with Crippen LogP contribution in [0.15, 0.2) is 60.7 Å². The molecular weight excluding hydrogens is 276 g/mol. The van der Waals surface area contributed by atoms with Gasteiger partial charge < -0.3 is 14.6 Å². The fourth-order valence-corrected chi connectivity index (χ4v) is 2.79. The van der Waals surface area contributed by atoms with E-state index in [0.717, 1.165) is 37.0 Å². The standard InChI is InChI=1S/C19H22O3/c20-18(15-9-3-1-4-10-15)19(16-11-5-2-6-12-16)22-17-13-7-8-14-21-17/h1-6,9-12,17-20H,7-8,13-14H2/t17?,18-,19-/m1/s1. The van der Waals surface area contributed by atoms with Gasteiger partial charge in [0.1, 0.15) is 12.2 Å². The second kappa shape index (κ2) is 7.54. The third-order valence-electron chi connectivity index (χ3n) is 3.99. The van der Waals surface area contributed by atoms with Gasteiger partial charge in [-0.2, -0.15) is 0 Å². The Morgan fingerprint density at radius 3 is 2.14 bits per heavy atom. The maximum atomic E-state index is 10.8. The van der Waals surface area contributed by atoms with Crippen LogP contribution < -0.4 is 0 Å². The van der Waals surface area contributed by atoms with E-state index in [2.05, 4.69) is 0 Å². The third-order valence-corrected chi connectivity index (χ3v) is 3.99. The first-order chi connectivity index (χ1) is 10.8. The number of hydrogen-bond donors (Lipinski definition) is 1. The van der Waals surface area contributed by atoms with Gasteiger partial charge in [0.25, 0.3) is 0 Å². The zero-order valence-corrected chi connectivity index (χ0v) is 12.6. The molecule has 1 aliphatic heterocycles. The molecule has 3 rings (SSSR count). The Balaban J connectivity index is 1.82. The van der Waals surface area contributed by atoms with Crippen molar-refractivity contribution in [2.24, 2.45) is 0 Å². The summed E-state index contributed by atoms with van der Waals surface area (Å²) in [5.74, 6) is 0. The monoisotopic (exact) mass is 298 g/mol. The van der Waals surface area contributed by atoms with E-state index in [9.17, 15) is 5.11 Å². The Morgan fingerprint density at radius 2 is 1.55 bits per heavy atom. The van der Waals surface area contributed by atoms with Crippen molar-refractivity contribution in [2.75, 3.05) is 6.61 Å². The molecule has 2 aromatic rings. The summed E-state index contributed by atoms with van der Waals surface area (Å²) in [5, 5.41) is 10.8. The van der Waals surface area contributed by atoms with E-state index < -0.39 is 12.2 Å². The topological polar surface area (TPSA) is 38.7 Å². The highest BCUT2D eigenvalue weighted by Crippen LogP contribution is 2.34. The first kappa shape index (κ1) is 15.2. The minimum absolute atomic E-state index is 0.239. The van der Waals surface area contributed by atoms with Gasteiger partial charge in [-0.15, -0.1) is 0 Å². The van der Waals surface area contributed by atoms with E-state index in [4.69, 9.17) is 9.47 Å². The Labute approximate surface area is 131 Å². The predicted octanol–water partition coefficient (Wildman–Crippen LogP) is 4.00. The molecule has 0 saturated carbocycles. The molecule has 3 atom stereocenters. The van der Waals surface area contributed by atoms with Gasteiger partial charge in [-0.05, 0) is 30.4 Å². The minimum Gasteiger partial charge on any atom is -0.385 e. The molecule has 0 aromatic heterocycles. The Morgan fingerprint density at radius 1 is 0.909 bits per heavy atom. The number of benzene rings is 2. The van der Waals surface area contributed by atoms with Crippen molar-refractivity contribution in [3.63, 3.8) is 0 Å². The second-order valence-electron chi connectivity index (χ2n) is 5.62. The van der Waals surface area contributed by atoms with Crippen LogP contribution in [0, 0.1) is 0 Å². The number of hydrogen-bond acceptors (Lipinski definition) is 3. The lowest BCUT2D eigenvalue weighted by atomic mass is 9.98. The first-order valence-corrected chi connectivity index (χ1v) is 7.89. The van der Waals surface area contributed by atoms with Crippen molar-refractivity contribution in [3.8, 4) is 0 Å². The summed E-state index contributed by atoms with van der Waals surface area (Å²) in [4.78, 5) is 0. The highest BCUT2D eigenvalue weighted by atomic mass is 16.7. The molecule has 3 nitrogen and oxygen atoms in total. The van der Waals surface area contributed by atoms with Crippen LogP contribution in [-0.4, -0.2) is 18.0 Å². The molecule has 0 amide bonds. The van der Waals surface area contributed by atoms with Crippen LogP contribution in [0.25, 0.3) is 0 Å². The van der Waals surface area contributed by atoms with Crippen LogP contribution in [-0.2, 0) is 9.47 Å². The van der Waals surface area contributed by atoms with Gasteiger partial charge in [-0.1, -0.05) is 60.7 Å². The first-order valence-electron chi connectivity index (χ1n) is 7.89. The minimum atomic E-state index is -0.714. The van der Waals surface area contributed by atoms with Crippen LogP contribution in [0.3, 0.4) is 0 Å². The molecule has 1 aliphatic rings. The normalized spacial score (nSPS) is 21.2. The van der Waals surface area contributed by atoms with Gasteiger partial charge in [-0.25, -0.2) is 0 Å². The highest BCUT2D eigenvalue weighted by Gasteiger charge is 2.28. The molecule has 116 valence electrons. The molecule has 0 radical (unpaired) electrons. The third kappa shape index (κ3) is 3.74. The molecule has 2 aromatic carbocycles. The van der Waals surface area contributed by atoms with E-state index in [-0.39, 0.29) is 6.29 Å². The summed E-state index contributed by atoms with van der Waals surface area (Å²) in [6.45, 7) is 0.730. The van der Waals surface area contributed by atoms with Crippen molar-refractivity contribution in [1.82, 2.24) is 0 Å². The number of aliphatic hydroxyl groups excluding tert-OH is 1. The van der Waals surface area contributed by atoms with Crippen LogP contribution in [0.1, 0.15) is 42.6 Å². The SMILES string of the molecule is O[C@H](c1ccccc1)[C@H](OC1CCCCO1)c1ccccc1. The Hall–Kier alpha value is -1.68. The summed E-state index contributed by atoms with van der Waals surface area (Å²) >= 11 is 0. The quantitative estimate of drug-likeness (QED) is 0.906. The average Bonchev–Trinajstić information content (AvgIpc) is 2.61. The molecule has 1 N–H and O–H groups in total. The Bertz CT molecular complexity index is 549. The van der Waals surface area contributed by atoms with Gasteiger partial charge in [0.05, 0.1) is 0 Å².